The second-order valence-electron chi connectivity index (χ2n) is 6.84. The minimum absolute atomic E-state index is 0.0252. The van der Waals surface area contributed by atoms with Crippen molar-refractivity contribution in [3.05, 3.63) is 35.6 Å². The van der Waals surface area contributed by atoms with E-state index >= 15 is 0 Å². The Morgan fingerprint density at radius 3 is 2.61 bits per heavy atom. The van der Waals surface area contributed by atoms with Crippen molar-refractivity contribution in [1.82, 2.24) is 9.80 Å². The van der Waals surface area contributed by atoms with Crippen molar-refractivity contribution in [2.75, 3.05) is 20.1 Å². The highest BCUT2D eigenvalue weighted by Crippen LogP contribution is 2.38. The van der Waals surface area contributed by atoms with E-state index in [1.165, 1.54) is 12.1 Å². The summed E-state index contributed by atoms with van der Waals surface area (Å²) < 4.78 is 13.2. The molecule has 0 spiro atoms. The fraction of sp³-hybridized carbons (Fsp3) is 0.556. The minimum Gasteiger partial charge on any atom is -0.342 e. The van der Waals surface area contributed by atoms with Crippen LogP contribution < -0.4 is 0 Å². The van der Waals surface area contributed by atoms with E-state index in [1.54, 1.807) is 24.1 Å². The molecule has 0 aromatic heterocycles. The number of piperidine rings is 1. The summed E-state index contributed by atoms with van der Waals surface area (Å²) in [4.78, 5) is 28.7. The van der Waals surface area contributed by atoms with Gasteiger partial charge >= 0.3 is 0 Å². The molecule has 0 unspecified atom stereocenters. The lowest BCUT2D eigenvalue weighted by atomic mass is 9.91. The van der Waals surface area contributed by atoms with Crippen LogP contribution in [0.15, 0.2) is 24.3 Å². The summed E-state index contributed by atoms with van der Waals surface area (Å²) in [6.45, 7) is 3.69. The number of carbonyl (C=O) groups excluding carboxylic acids is 2. The van der Waals surface area contributed by atoms with E-state index in [-0.39, 0.29) is 36.0 Å². The summed E-state index contributed by atoms with van der Waals surface area (Å²) in [7, 11) is 1.72. The molecule has 1 aromatic carbocycles. The van der Waals surface area contributed by atoms with E-state index in [0.29, 0.717) is 5.92 Å². The summed E-state index contributed by atoms with van der Waals surface area (Å²) in [6.07, 6.45) is 2.40. The van der Waals surface area contributed by atoms with Gasteiger partial charge in [0, 0.05) is 26.6 Å². The third-order valence-electron chi connectivity index (χ3n) is 5.08. The first-order valence-corrected chi connectivity index (χ1v) is 8.27. The molecule has 124 valence electrons. The highest BCUT2D eigenvalue weighted by Gasteiger charge is 2.44. The van der Waals surface area contributed by atoms with Gasteiger partial charge in [0.2, 0.25) is 11.8 Å². The smallest absolute Gasteiger partial charge is 0.228 e. The Bertz CT molecular complexity index is 602. The number of hydrogen-bond donors (Lipinski definition) is 0. The summed E-state index contributed by atoms with van der Waals surface area (Å²) in [6, 6.07) is 5.82. The van der Waals surface area contributed by atoms with Gasteiger partial charge in [0.15, 0.2) is 0 Å². The van der Waals surface area contributed by atoms with Gasteiger partial charge in [-0.3, -0.25) is 9.59 Å². The van der Waals surface area contributed by atoms with Gasteiger partial charge in [0.1, 0.15) is 5.82 Å². The molecular weight excluding hydrogens is 295 g/mol. The maximum absolute atomic E-state index is 13.2. The second kappa shape index (κ2) is 6.30. The average Bonchev–Trinajstić information content (AvgIpc) is 2.83. The molecule has 2 aliphatic rings. The predicted molar refractivity (Wildman–Crippen MR) is 85.0 cm³/mol. The van der Waals surface area contributed by atoms with Crippen LogP contribution in [-0.2, 0) is 9.59 Å². The molecule has 5 heteroatoms. The predicted octanol–water partition coefficient (Wildman–Crippen LogP) is 2.60. The summed E-state index contributed by atoms with van der Waals surface area (Å²) in [5.41, 5.74) is 0.822. The van der Waals surface area contributed by atoms with Crippen LogP contribution in [0.3, 0.4) is 0 Å². The molecule has 0 saturated carbocycles. The van der Waals surface area contributed by atoms with Crippen molar-refractivity contribution < 1.29 is 14.0 Å². The topological polar surface area (TPSA) is 40.6 Å². The number of halogens is 1. The maximum Gasteiger partial charge on any atom is 0.228 e. The largest absolute Gasteiger partial charge is 0.342 e. The molecule has 0 N–H and O–H groups in total. The third kappa shape index (κ3) is 3.09. The van der Waals surface area contributed by atoms with Crippen molar-refractivity contribution in [3.8, 4) is 0 Å². The SMILES string of the molecule is C[C@@H]1CCCN(C(=O)[C@H]2CC(=O)N(C)[C@@H]2c2ccc(F)cc2)C1. The molecular formula is C18H23FN2O2. The van der Waals surface area contributed by atoms with Crippen molar-refractivity contribution in [2.45, 2.75) is 32.2 Å². The number of carbonyl (C=O) groups is 2. The van der Waals surface area contributed by atoms with Crippen molar-refractivity contribution in [3.63, 3.8) is 0 Å². The van der Waals surface area contributed by atoms with Gasteiger partial charge in [0.05, 0.1) is 12.0 Å². The first-order chi connectivity index (χ1) is 11.0. The molecule has 2 amide bonds. The molecule has 4 nitrogen and oxygen atoms in total. The minimum atomic E-state index is -0.372. The monoisotopic (exact) mass is 318 g/mol. The van der Waals surface area contributed by atoms with Crippen LogP contribution in [0.1, 0.15) is 37.8 Å². The molecule has 2 fully saturated rings. The van der Waals surface area contributed by atoms with Gasteiger partial charge in [-0.1, -0.05) is 19.1 Å². The van der Waals surface area contributed by atoms with Crippen LogP contribution >= 0.6 is 0 Å². The quantitative estimate of drug-likeness (QED) is 0.841. The van der Waals surface area contributed by atoms with Crippen molar-refractivity contribution in [1.29, 1.82) is 0 Å². The van der Waals surface area contributed by atoms with E-state index in [1.807, 2.05) is 4.90 Å². The van der Waals surface area contributed by atoms with E-state index in [0.717, 1.165) is 31.5 Å². The van der Waals surface area contributed by atoms with Crippen LogP contribution in [0.5, 0.6) is 0 Å². The summed E-state index contributed by atoms with van der Waals surface area (Å²) in [5.74, 6) is -0.144. The van der Waals surface area contributed by atoms with Crippen LogP contribution in [0.2, 0.25) is 0 Å². The Labute approximate surface area is 136 Å². The Morgan fingerprint density at radius 1 is 1.26 bits per heavy atom. The number of nitrogens with zero attached hydrogens (tertiary/aromatic N) is 2. The van der Waals surface area contributed by atoms with Crippen molar-refractivity contribution >= 4 is 11.8 Å². The fourth-order valence-electron chi connectivity index (χ4n) is 3.83. The fourth-order valence-corrected chi connectivity index (χ4v) is 3.83. The zero-order valence-electron chi connectivity index (χ0n) is 13.7. The Balaban J connectivity index is 1.85. The normalized spacial score (nSPS) is 28.3. The lowest BCUT2D eigenvalue weighted by Gasteiger charge is -2.34. The Morgan fingerprint density at radius 2 is 1.96 bits per heavy atom. The number of likely N-dealkylation sites (tertiary alicyclic amines) is 2. The van der Waals surface area contributed by atoms with E-state index in [4.69, 9.17) is 0 Å². The molecule has 3 rings (SSSR count). The number of rotatable bonds is 2. The van der Waals surface area contributed by atoms with E-state index in [2.05, 4.69) is 6.92 Å². The number of amides is 2. The lowest BCUT2D eigenvalue weighted by Crippen LogP contribution is -2.43. The molecule has 0 aliphatic carbocycles. The second-order valence-corrected chi connectivity index (χ2v) is 6.84. The molecule has 1 aromatic rings. The first-order valence-electron chi connectivity index (χ1n) is 8.27. The number of hydrogen-bond acceptors (Lipinski definition) is 2. The van der Waals surface area contributed by atoms with Gasteiger partial charge in [-0.05, 0) is 36.5 Å². The molecule has 0 bridgehead atoms. The maximum atomic E-state index is 13.2. The van der Waals surface area contributed by atoms with Gasteiger partial charge in [0.25, 0.3) is 0 Å². The van der Waals surface area contributed by atoms with Crippen LogP contribution in [0, 0.1) is 17.7 Å². The van der Waals surface area contributed by atoms with Crippen molar-refractivity contribution in [2.24, 2.45) is 11.8 Å². The lowest BCUT2D eigenvalue weighted by molar-refractivity contribution is -0.138. The molecule has 2 saturated heterocycles. The van der Waals surface area contributed by atoms with Gasteiger partial charge in [-0.2, -0.15) is 0 Å². The zero-order chi connectivity index (χ0) is 16.6. The molecule has 2 aliphatic heterocycles. The van der Waals surface area contributed by atoms with Crippen LogP contribution in [0.4, 0.5) is 4.39 Å². The first kappa shape index (κ1) is 16.0. The van der Waals surface area contributed by atoms with Gasteiger partial charge in [-0.25, -0.2) is 4.39 Å². The molecule has 3 atom stereocenters. The standard InChI is InChI=1S/C18H23FN2O2/c1-12-4-3-9-21(11-12)18(23)15-10-16(22)20(2)17(15)13-5-7-14(19)8-6-13/h5-8,12,15,17H,3-4,9-11H2,1-2H3/t12-,15+,17-/m1/s1. The zero-order valence-corrected chi connectivity index (χ0v) is 13.7. The molecule has 0 radical (unpaired) electrons. The molecule has 23 heavy (non-hydrogen) atoms. The Kier molecular flexibility index (Phi) is 4.37. The van der Waals surface area contributed by atoms with Gasteiger partial charge < -0.3 is 9.80 Å². The van der Waals surface area contributed by atoms with E-state index in [9.17, 15) is 14.0 Å². The summed E-state index contributed by atoms with van der Waals surface area (Å²) >= 11 is 0. The Hall–Kier alpha value is -1.91. The average molecular weight is 318 g/mol. The third-order valence-corrected chi connectivity index (χ3v) is 5.08. The van der Waals surface area contributed by atoms with Crippen LogP contribution in [-0.4, -0.2) is 41.8 Å². The van der Waals surface area contributed by atoms with Crippen LogP contribution in [0.25, 0.3) is 0 Å². The molecule has 2 heterocycles. The summed E-state index contributed by atoms with van der Waals surface area (Å²) in [5, 5.41) is 0. The number of benzene rings is 1. The van der Waals surface area contributed by atoms with Gasteiger partial charge in [-0.15, -0.1) is 0 Å². The highest BCUT2D eigenvalue weighted by atomic mass is 19.1. The highest BCUT2D eigenvalue weighted by molar-refractivity contribution is 5.90. The van der Waals surface area contributed by atoms with E-state index < -0.39 is 0 Å².